The van der Waals surface area contributed by atoms with E-state index >= 15 is 0 Å². The van der Waals surface area contributed by atoms with Gasteiger partial charge in [-0.25, -0.2) is 14.3 Å². The highest BCUT2D eigenvalue weighted by atomic mass is 19.4. The molecule has 10 heteroatoms. The van der Waals surface area contributed by atoms with Gasteiger partial charge in [0.25, 0.3) is 0 Å². The van der Waals surface area contributed by atoms with Crippen LogP contribution in [0.5, 0.6) is 0 Å². The van der Waals surface area contributed by atoms with Crippen LogP contribution in [0.3, 0.4) is 0 Å². The Morgan fingerprint density at radius 3 is 2.50 bits per heavy atom. The fourth-order valence-electron chi connectivity index (χ4n) is 3.48. The van der Waals surface area contributed by atoms with Crippen LogP contribution in [0.15, 0.2) is 42.6 Å². The number of rotatable bonds is 3. The standard InChI is InChI=1S/C20H17F4N5O/c1-12(30)26-17-10-14(6-7-25-17)18-16-11-28(20(22,23)24)8-9-29(16)27-19(18)13-2-4-15(21)5-3-13/h2-7,10H,8-9,11H2,1H3,(H,25,26,30). The van der Waals surface area contributed by atoms with Gasteiger partial charge in [0.05, 0.1) is 12.2 Å². The third kappa shape index (κ3) is 3.90. The number of hydrogen-bond donors (Lipinski definition) is 1. The van der Waals surface area contributed by atoms with Gasteiger partial charge in [0, 0.05) is 37.3 Å². The molecule has 2 aromatic heterocycles. The number of benzene rings is 1. The Morgan fingerprint density at radius 2 is 1.83 bits per heavy atom. The molecule has 0 radical (unpaired) electrons. The minimum absolute atomic E-state index is 0.0622. The molecule has 3 heterocycles. The minimum Gasteiger partial charge on any atom is -0.311 e. The highest BCUT2D eigenvalue weighted by Crippen LogP contribution is 2.38. The Morgan fingerprint density at radius 1 is 1.10 bits per heavy atom. The van der Waals surface area contributed by atoms with Crippen LogP contribution in [0.4, 0.5) is 23.4 Å². The van der Waals surface area contributed by atoms with Gasteiger partial charge < -0.3 is 5.32 Å². The van der Waals surface area contributed by atoms with Crippen molar-refractivity contribution >= 4 is 11.7 Å². The quantitative estimate of drug-likeness (QED) is 0.514. The van der Waals surface area contributed by atoms with Crippen molar-refractivity contribution in [3.63, 3.8) is 0 Å². The van der Waals surface area contributed by atoms with Crippen LogP contribution in [-0.4, -0.2) is 38.4 Å². The van der Waals surface area contributed by atoms with Crippen LogP contribution >= 0.6 is 0 Å². The van der Waals surface area contributed by atoms with E-state index in [0.717, 1.165) is 0 Å². The average Bonchev–Trinajstić information content (AvgIpc) is 3.06. The zero-order valence-electron chi connectivity index (χ0n) is 15.9. The summed E-state index contributed by atoms with van der Waals surface area (Å²) in [6.07, 6.45) is -3.01. The van der Waals surface area contributed by atoms with Crippen molar-refractivity contribution in [2.24, 2.45) is 0 Å². The van der Waals surface area contributed by atoms with E-state index in [0.29, 0.717) is 33.0 Å². The maximum Gasteiger partial charge on any atom is 0.460 e. The number of alkyl halides is 3. The molecule has 0 unspecified atom stereocenters. The second-order valence-electron chi connectivity index (χ2n) is 6.90. The van der Waals surface area contributed by atoms with Gasteiger partial charge in [0.15, 0.2) is 0 Å². The summed E-state index contributed by atoms with van der Waals surface area (Å²) < 4.78 is 55.0. The molecule has 1 aromatic carbocycles. The molecule has 1 amide bonds. The Hall–Kier alpha value is -3.27. The van der Waals surface area contributed by atoms with Gasteiger partial charge >= 0.3 is 6.30 Å². The normalized spacial score (nSPS) is 14.4. The van der Waals surface area contributed by atoms with Gasteiger partial charge in [-0.2, -0.15) is 18.3 Å². The van der Waals surface area contributed by atoms with Gasteiger partial charge in [0.1, 0.15) is 17.3 Å². The second kappa shape index (κ2) is 7.52. The SMILES string of the molecule is CC(=O)Nc1cc(-c2c(-c3ccc(F)cc3)nn3c2CN(C(F)(F)F)CC3)ccn1. The number of anilines is 1. The number of pyridine rings is 1. The van der Waals surface area contributed by atoms with Crippen LogP contribution < -0.4 is 5.32 Å². The number of carbonyl (C=O) groups is 1. The van der Waals surface area contributed by atoms with Crippen LogP contribution in [0.25, 0.3) is 22.4 Å². The molecule has 4 rings (SSSR count). The van der Waals surface area contributed by atoms with E-state index in [-0.39, 0.29) is 31.4 Å². The topological polar surface area (TPSA) is 63.1 Å². The van der Waals surface area contributed by atoms with Crippen molar-refractivity contribution in [2.45, 2.75) is 26.3 Å². The van der Waals surface area contributed by atoms with Crippen LogP contribution in [-0.2, 0) is 17.9 Å². The molecule has 0 saturated heterocycles. The Bertz CT molecular complexity index is 1090. The third-order valence-electron chi connectivity index (χ3n) is 4.81. The second-order valence-corrected chi connectivity index (χ2v) is 6.90. The van der Waals surface area contributed by atoms with Crippen LogP contribution in [0.2, 0.25) is 0 Å². The number of hydrogen-bond acceptors (Lipinski definition) is 4. The monoisotopic (exact) mass is 419 g/mol. The number of aromatic nitrogens is 3. The molecule has 6 nitrogen and oxygen atoms in total. The molecule has 1 N–H and O–H groups in total. The molecular formula is C20H17F4N5O. The first-order valence-electron chi connectivity index (χ1n) is 9.14. The van der Waals surface area contributed by atoms with E-state index < -0.39 is 12.1 Å². The molecule has 0 aliphatic carbocycles. The number of nitrogens with one attached hydrogen (secondary N) is 1. The molecule has 1 aliphatic heterocycles. The number of nitrogens with zero attached hydrogens (tertiary/aromatic N) is 4. The van der Waals surface area contributed by atoms with E-state index in [1.165, 1.54) is 37.4 Å². The summed E-state index contributed by atoms with van der Waals surface area (Å²) in [5, 5.41) is 7.10. The van der Waals surface area contributed by atoms with Crippen molar-refractivity contribution in [3.8, 4) is 22.4 Å². The lowest BCUT2D eigenvalue weighted by Crippen LogP contribution is -2.43. The summed E-state index contributed by atoms with van der Waals surface area (Å²) >= 11 is 0. The lowest BCUT2D eigenvalue weighted by molar-refractivity contribution is -0.253. The number of amides is 1. The van der Waals surface area contributed by atoms with Gasteiger partial charge in [-0.1, -0.05) is 0 Å². The van der Waals surface area contributed by atoms with E-state index in [2.05, 4.69) is 15.4 Å². The summed E-state index contributed by atoms with van der Waals surface area (Å²) in [7, 11) is 0. The molecule has 0 saturated carbocycles. The molecule has 1 aliphatic rings. The summed E-state index contributed by atoms with van der Waals surface area (Å²) in [5.74, 6) is -0.475. The van der Waals surface area contributed by atoms with Crippen LogP contribution in [0.1, 0.15) is 12.6 Å². The first kappa shape index (κ1) is 20.0. The highest BCUT2D eigenvalue weighted by Gasteiger charge is 2.40. The molecular weight excluding hydrogens is 402 g/mol. The molecule has 0 spiro atoms. The van der Waals surface area contributed by atoms with Crippen molar-refractivity contribution in [3.05, 3.63) is 54.1 Å². The fraction of sp³-hybridized carbons (Fsp3) is 0.250. The average molecular weight is 419 g/mol. The smallest absolute Gasteiger partial charge is 0.311 e. The summed E-state index contributed by atoms with van der Waals surface area (Å²) in [5.41, 5.74) is 2.44. The van der Waals surface area contributed by atoms with Gasteiger partial charge in [-0.3, -0.25) is 9.48 Å². The predicted octanol–water partition coefficient (Wildman–Crippen LogP) is 4.05. The first-order valence-corrected chi connectivity index (χ1v) is 9.14. The minimum atomic E-state index is -4.47. The first-order chi connectivity index (χ1) is 14.2. The largest absolute Gasteiger partial charge is 0.460 e. The lowest BCUT2D eigenvalue weighted by Gasteiger charge is -2.29. The molecule has 0 fully saturated rings. The Kier molecular flexibility index (Phi) is 5.02. The lowest BCUT2D eigenvalue weighted by atomic mass is 9.98. The van der Waals surface area contributed by atoms with E-state index in [9.17, 15) is 22.4 Å². The van der Waals surface area contributed by atoms with E-state index in [1.807, 2.05) is 0 Å². The van der Waals surface area contributed by atoms with Gasteiger partial charge in [0.2, 0.25) is 5.91 Å². The summed E-state index contributed by atoms with van der Waals surface area (Å²) in [4.78, 5) is 15.9. The van der Waals surface area contributed by atoms with E-state index in [4.69, 9.17) is 0 Å². The number of carbonyl (C=O) groups excluding carboxylic acids is 1. The molecule has 0 bridgehead atoms. The molecule has 0 atom stereocenters. The molecule has 156 valence electrons. The van der Waals surface area contributed by atoms with Crippen molar-refractivity contribution in [1.82, 2.24) is 19.7 Å². The van der Waals surface area contributed by atoms with E-state index in [1.54, 1.807) is 16.8 Å². The maximum absolute atomic E-state index is 13.4. The Balaban J connectivity index is 1.88. The zero-order valence-corrected chi connectivity index (χ0v) is 15.9. The fourth-order valence-corrected chi connectivity index (χ4v) is 3.48. The number of fused-ring (bicyclic) bond motifs is 1. The van der Waals surface area contributed by atoms with Crippen LogP contribution in [0, 0.1) is 5.82 Å². The molecule has 30 heavy (non-hydrogen) atoms. The van der Waals surface area contributed by atoms with Crippen molar-refractivity contribution in [1.29, 1.82) is 0 Å². The summed E-state index contributed by atoms with van der Waals surface area (Å²) in [6, 6.07) is 8.83. The Labute approximate surface area is 169 Å². The maximum atomic E-state index is 13.4. The number of halogens is 4. The van der Waals surface area contributed by atoms with Gasteiger partial charge in [-0.15, -0.1) is 0 Å². The zero-order chi connectivity index (χ0) is 21.5. The summed E-state index contributed by atoms with van der Waals surface area (Å²) in [6.45, 7) is 0.812. The molecule has 3 aromatic rings. The van der Waals surface area contributed by atoms with Gasteiger partial charge in [-0.05, 0) is 42.0 Å². The third-order valence-corrected chi connectivity index (χ3v) is 4.81. The highest BCUT2D eigenvalue weighted by molar-refractivity contribution is 5.89. The van der Waals surface area contributed by atoms with Crippen molar-refractivity contribution < 1.29 is 22.4 Å². The van der Waals surface area contributed by atoms with Crippen molar-refractivity contribution in [2.75, 3.05) is 11.9 Å². The predicted molar refractivity (Wildman–Crippen MR) is 102 cm³/mol.